The van der Waals surface area contributed by atoms with E-state index in [2.05, 4.69) is 10.6 Å². The van der Waals surface area contributed by atoms with E-state index in [0.717, 1.165) is 6.42 Å². The molecule has 4 N–H and O–H groups in total. The molecule has 19 heavy (non-hydrogen) atoms. The predicted molar refractivity (Wildman–Crippen MR) is 80.2 cm³/mol. The Balaban J connectivity index is 0. The Labute approximate surface area is 122 Å². The normalized spacial score (nSPS) is 14.0. The number of carbonyl (C=O) groups is 2. The van der Waals surface area contributed by atoms with Crippen LogP contribution in [0.25, 0.3) is 0 Å². The molecule has 0 aromatic rings. The highest BCUT2D eigenvalue weighted by Crippen LogP contribution is 2.11. The molecule has 2 amide bonds. The third-order valence-corrected chi connectivity index (χ3v) is 2.95. The fraction of sp³-hybridized carbons (Fsp3) is 0.846. The van der Waals surface area contributed by atoms with Gasteiger partial charge in [-0.3, -0.25) is 9.59 Å². The smallest absolute Gasteiger partial charge is 0.237 e. The van der Waals surface area contributed by atoms with E-state index in [9.17, 15) is 9.59 Å². The van der Waals surface area contributed by atoms with Crippen molar-refractivity contribution in [3.63, 3.8) is 0 Å². The number of nitrogens with one attached hydrogen (secondary N) is 2. The molecule has 2 unspecified atom stereocenters. The highest BCUT2D eigenvalue weighted by Gasteiger charge is 2.21. The number of carbonyl (C=O) groups excluding carboxylic acids is 2. The van der Waals surface area contributed by atoms with E-state index in [1.807, 2.05) is 34.6 Å². The molecule has 0 aromatic carbocycles. The molecule has 0 fully saturated rings. The molecule has 0 aliphatic heterocycles. The molecule has 0 spiro atoms. The summed E-state index contributed by atoms with van der Waals surface area (Å²) in [6, 6.07) is -0.478. The highest BCUT2D eigenvalue weighted by atomic mass is 35.5. The topological polar surface area (TPSA) is 84.2 Å². The maximum atomic E-state index is 11.6. The van der Waals surface area contributed by atoms with Crippen LogP contribution in [0.3, 0.4) is 0 Å². The van der Waals surface area contributed by atoms with Gasteiger partial charge in [0.1, 0.15) is 0 Å². The van der Waals surface area contributed by atoms with Gasteiger partial charge in [-0.2, -0.15) is 0 Å². The Morgan fingerprint density at radius 2 is 1.63 bits per heavy atom. The van der Waals surface area contributed by atoms with Gasteiger partial charge in [0.15, 0.2) is 0 Å². The summed E-state index contributed by atoms with van der Waals surface area (Å²) in [4.78, 5) is 23.2. The van der Waals surface area contributed by atoms with Crippen LogP contribution in [0.5, 0.6) is 0 Å². The summed E-state index contributed by atoms with van der Waals surface area (Å²) < 4.78 is 0. The van der Waals surface area contributed by atoms with Gasteiger partial charge in [0, 0.05) is 18.5 Å². The SMILES string of the molecule is CCC(C)C(N)C(=O)NCCNC(=O)C(C)(C)C.Cl. The second-order valence-corrected chi connectivity index (χ2v) is 5.71. The second-order valence-electron chi connectivity index (χ2n) is 5.71. The molecular weight excluding hydrogens is 266 g/mol. The molecule has 0 radical (unpaired) electrons. The van der Waals surface area contributed by atoms with Crippen LogP contribution in [-0.2, 0) is 9.59 Å². The van der Waals surface area contributed by atoms with Crippen molar-refractivity contribution in [2.75, 3.05) is 13.1 Å². The van der Waals surface area contributed by atoms with Gasteiger partial charge >= 0.3 is 0 Å². The van der Waals surface area contributed by atoms with Crippen LogP contribution in [0.2, 0.25) is 0 Å². The van der Waals surface area contributed by atoms with Gasteiger partial charge in [-0.25, -0.2) is 0 Å². The average Bonchev–Trinajstić information content (AvgIpc) is 2.30. The Morgan fingerprint density at radius 3 is 2.05 bits per heavy atom. The van der Waals surface area contributed by atoms with Crippen molar-refractivity contribution in [1.29, 1.82) is 0 Å². The predicted octanol–water partition coefficient (Wildman–Crippen LogP) is 1.06. The number of hydrogen-bond donors (Lipinski definition) is 3. The lowest BCUT2D eigenvalue weighted by Crippen LogP contribution is -2.47. The fourth-order valence-corrected chi connectivity index (χ4v) is 1.26. The summed E-state index contributed by atoms with van der Waals surface area (Å²) in [7, 11) is 0. The molecular formula is C13H28ClN3O2. The van der Waals surface area contributed by atoms with Crippen molar-refractivity contribution < 1.29 is 9.59 Å². The van der Waals surface area contributed by atoms with Crippen molar-refractivity contribution >= 4 is 24.2 Å². The van der Waals surface area contributed by atoms with Crippen LogP contribution in [0, 0.1) is 11.3 Å². The Hall–Kier alpha value is -0.810. The van der Waals surface area contributed by atoms with Crippen molar-refractivity contribution in [3.05, 3.63) is 0 Å². The number of amides is 2. The van der Waals surface area contributed by atoms with Gasteiger partial charge in [0.2, 0.25) is 11.8 Å². The van der Waals surface area contributed by atoms with E-state index in [1.165, 1.54) is 0 Å². The summed E-state index contributed by atoms with van der Waals surface area (Å²) in [6.07, 6.45) is 0.870. The number of rotatable bonds is 6. The summed E-state index contributed by atoms with van der Waals surface area (Å²) >= 11 is 0. The quantitative estimate of drug-likeness (QED) is 0.640. The van der Waals surface area contributed by atoms with Crippen molar-refractivity contribution in [2.24, 2.45) is 17.1 Å². The second kappa shape index (κ2) is 9.15. The number of halogens is 1. The minimum atomic E-state index is -0.478. The number of nitrogens with two attached hydrogens (primary N) is 1. The fourth-order valence-electron chi connectivity index (χ4n) is 1.26. The molecule has 0 aliphatic carbocycles. The van der Waals surface area contributed by atoms with E-state index in [0.29, 0.717) is 13.1 Å². The molecule has 2 atom stereocenters. The molecule has 114 valence electrons. The summed E-state index contributed by atoms with van der Waals surface area (Å²) in [5.41, 5.74) is 5.38. The van der Waals surface area contributed by atoms with Crippen LogP contribution in [0.4, 0.5) is 0 Å². The van der Waals surface area contributed by atoms with E-state index in [-0.39, 0.29) is 30.1 Å². The van der Waals surface area contributed by atoms with Crippen LogP contribution in [0.1, 0.15) is 41.0 Å². The third-order valence-electron chi connectivity index (χ3n) is 2.95. The summed E-state index contributed by atoms with van der Waals surface area (Å²) in [5.74, 6) is -0.0218. The molecule has 0 aromatic heterocycles. The summed E-state index contributed by atoms with van der Waals surface area (Å²) in [6.45, 7) is 10.3. The zero-order valence-corrected chi connectivity index (χ0v) is 13.4. The van der Waals surface area contributed by atoms with Crippen LogP contribution >= 0.6 is 12.4 Å². The molecule has 5 nitrogen and oxygen atoms in total. The maximum Gasteiger partial charge on any atom is 0.237 e. The lowest BCUT2D eigenvalue weighted by molar-refractivity contribution is -0.129. The molecule has 0 bridgehead atoms. The first-order valence-corrected chi connectivity index (χ1v) is 6.51. The largest absolute Gasteiger partial charge is 0.354 e. The first kappa shape index (κ1) is 20.5. The van der Waals surface area contributed by atoms with E-state index >= 15 is 0 Å². The molecule has 0 saturated carbocycles. The Bertz CT molecular complexity index is 290. The minimum Gasteiger partial charge on any atom is -0.354 e. The Morgan fingerprint density at radius 1 is 1.16 bits per heavy atom. The minimum absolute atomic E-state index is 0. The monoisotopic (exact) mass is 293 g/mol. The first-order chi connectivity index (χ1) is 8.20. The molecule has 0 saturated heterocycles. The zero-order chi connectivity index (χ0) is 14.3. The standard InChI is InChI=1S/C13H27N3O2.ClH/c1-6-9(2)10(14)11(17)15-7-8-16-12(18)13(3,4)5;/h9-10H,6-8,14H2,1-5H3,(H,15,17)(H,16,18);1H. The van der Waals surface area contributed by atoms with Gasteiger partial charge in [0.25, 0.3) is 0 Å². The first-order valence-electron chi connectivity index (χ1n) is 6.51. The van der Waals surface area contributed by atoms with Crippen molar-refractivity contribution in [3.8, 4) is 0 Å². The number of hydrogen-bond acceptors (Lipinski definition) is 3. The van der Waals surface area contributed by atoms with Gasteiger partial charge in [-0.05, 0) is 5.92 Å². The van der Waals surface area contributed by atoms with Crippen molar-refractivity contribution in [1.82, 2.24) is 10.6 Å². The third kappa shape index (κ3) is 8.06. The molecule has 0 heterocycles. The van der Waals surface area contributed by atoms with E-state index in [1.54, 1.807) is 0 Å². The molecule has 0 aliphatic rings. The Kier molecular flexibility index (Phi) is 9.88. The van der Waals surface area contributed by atoms with Gasteiger partial charge in [-0.15, -0.1) is 12.4 Å². The van der Waals surface area contributed by atoms with Gasteiger partial charge in [-0.1, -0.05) is 41.0 Å². The van der Waals surface area contributed by atoms with Crippen molar-refractivity contribution in [2.45, 2.75) is 47.1 Å². The van der Waals surface area contributed by atoms with Crippen LogP contribution in [-0.4, -0.2) is 30.9 Å². The molecule has 0 rings (SSSR count). The molecule has 6 heteroatoms. The summed E-state index contributed by atoms with van der Waals surface area (Å²) in [5, 5.41) is 5.49. The maximum absolute atomic E-state index is 11.6. The average molecular weight is 294 g/mol. The van der Waals surface area contributed by atoms with E-state index < -0.39 is 11.5 Å². The lowest BCUT2D eigenvalue weighted by Gasteiger charge is -2.19. The zero-order valence-electron chi connectivity index (χ0n) is 12.6. The van der Waals surface area contributed by atoms with Gasteiger partial charge in [0.05, 0.1) is 6.04 Å². The lowest BCUT2D eigenvalue weighted by atomic mass is 9.96. The van der Waals surface area contributed by atoms with Gasteiger partial charge < -0.3 is 16.4 Å². The van der Waals surface area contributed by atoms with E-state index in [4.69, 9.17) is 5.73 Å². The van der Waals surface area contributed by atoms with Crippen LogP contribution < -0.4 is 16.4 Å². The van der Waals surface area contributed by atoms with Crippen LogP contribution in [0.15, 0.2) is 0 Å². The highest BCUT2D eigenvalue weighted by molar-refractivity contribution is 5.85.